The Bertz CT molecular complexity index is 772. The first-order valence-electron chi connectivity index (χ1n) is 6.26. The van der Waals surface area contributed by atoms with Crippen molar-refractivity contribution in [2.24, 2.45) is 0 Å². The number of benzene rings is 2. The van der Waals surface area contributed by atoms with E-state index in [2.05, 4.69) is 0 Å². The van der Waals surface area contributed by atoms with Crippen molar-refractivity contribution < 1.29 is 13.7 Å². The highest BCUT2D eigenvalue weighted by atomic mass is 19.1. The minimum absolute atomic E-state index is 0.0958. The van der Waals surface area contributed by atoms with Crippen LogP contribution in [-0.2, 0) is 6.54 Å². The number of halogens is 2. The Morgan fingerprint density at radius 3 is 2.59 bits per heavy atom. The van der Waals surface area contributed by atoms with Crippen molar-refractivity contribution >= 4 is 11.4 Å². The molecule has 0 bridgehead atoms. The number of rotatable bonds is 4. The maximum Gasteiger partial charge on any atom is 0.270 e. The fourth-order valence-corrected chi connectivity index (χ4v) is 2.05. The van der Waals surface area contributed by atoms with Gasteiger partial charge in [-0.2, -0.15) is 5.26 Å². The second kappa shape index (κ2) is 6.18. The maximum absolute atomic E-state index is 13.7. The Morgan fingerprint density at radius 1 is 1.27 bits per heavy atom. The molecule has 22 heavy (non-hydrogen) atoms. The number of nitriles is 1. The SMILES string of the molecule is CN(Cc1ccc(F)cc1F)c1ccc([N+](=O)[O-])cc1C#N. The molecule has 0 radical (unpaired) electrons. The fraction of sp³-hybridized carbons (Fsp3) is 0.133. The van der Waals surface area contributed by atoms with E-state index in [-0.39, 0.29) is 23.4 Å². The van der Waals surface area contributed by atoms with Gasteiger partial charge in [-0.05, 0) is 12.1 Å². The molecule has 0 aliphatic carbocycles. The number of hydrogen-bond acceptors (Lipinski definition) is 4. The monoisotopic (exact) mass is 303 g/mol. The third-order valence-electron chi connectivity index (χ3n) is 3.15. The van der Waals surface area contributed by atoms with E-state index in [1.165, 1.54) is 18.2 Å². The van der Waals surface area contributed by atoms with E-state index in [0.29, 0.717) is 5.69 Å². The number of nitrogens with zero attached hydrogens (tertiary/aromatic N) is 3. The van der Waals surface area contributed by atoms with Crippen molar-refractivity contribution in [3.8, 4) is 6.07 Å². The average Bonchev–Trinajstić information content (AvgIpc) is 2.49. The van der Waals surface area contributed by atoms with Gasteiger partial charge in [0, 0.05) is 37.4 Å². The molecule has 0 heterocycles. The summed E-state index contributed by atoms with van der Waals surface area (Å²) < 4.78 is 26.5. The molecule has 0 atom stereocenters. The van der Waals surface area contributed by atoms with Crippen molar-refractivity contribution in [3.63, 3.8) is 0 Å². The summed E-state index contributed by atoms with van der Waals surface area (Å²) in [7, 11) is 1.62. The lowest BCUT2D eigenvalue weighted by Crippen LogP contribution is -2.18. The normalized spacial score (nSPS) is 10.1. The molecule has 0 aliphatic heterocycles. The molecule has 2 aromatic rings. The van der Waals surface area contributed by atoms with Crippen molar-refractivity contribution in [2.75, 3.05) is 11.9 Å². The molecule has 0 aromatic heterocycles. The second-order valence-electron chi connectivity index (χ2n) is 4.66. The van der Waals surface area contributed by atoms with Gasteiger partial charge in [0.2, 0.25) is 0 Å². The molecule has 2 rings (SSSR count). The molecule has 0 fully saturated rings. The molecule has 0 spiro atoms. The van der Waals surface area contributed by atoms with Crippen LogP contribution in [-0.4, -0.2) is 12.0 Å². The van der Waals surface area contributed by atoms with E-state index in [9.17, 15) is 18.9 Å². The second-order valence-corrected chi connectivity index (χ2v) is 4.66. The first-order chi connectivity index (χ1) is 10.4. The van der Waals surface area contributed by atoms with Crippen LogP contribution in [0.5, 0.6) is 0 Å². The van der Waals surface area contributed by atoms with Gasteiger partial charge >= 0.3 is 0 Å². The van der Waals surface area contributed by atoms with Crippen LogP contribution in [0.1, 0.15) is 11.1 Å². The molecular formula is C15H11F2N3O2. The predicted molar refractivity (Wildman–Crippen MR) is 76.3 cm³/mol. The Kier molecular flexibility index (Phi) is 4.32. The minimum atomic E-state index is -0.688. The van der Waals surface area contributed by atoms with E-state index in [1.54, 1.807) is 11.9 Å². The van der Waals surface area contributed by atoms with Crippen LogP contribution in [0.3, 0.4) is 0 Å². The van der Waals surface area contributed by atoms with Crippen molar-refractivity contribution in [2.45, 2.75) is 6.54 Å². The first-order valence-corrected chi connectivity index (χ1v) is 6.26. The van der Waals surface area contributed by atoms with Crippen LogP contribution in [0.4, 0.5) is 20.2 Å². The van der Waals surface area contributed by atoms with Gasteiger partial charge in [0.1, 0.15) is 17.7 Å². The number of nitro groups is 1. The van der Waals surface area contributed by atoms with Crippen LogP contribution in [0, 0.1) is 33.1 Å². The average molecular weight is 303 g/mol. The summed E-state index contributed by atoms with van der Waals surface area (Å²) in [5.74, 6) is -1.36. The highest BCUT2D eigenvalue weighted by Crippen LogP contribution is 2.25. The van der Waals surface area contributed by atoms with Crippen LogP contribution in [0.25, 0.3) is 0 Å². The predicted octanol–water partition coefficient (Wildman–Crippen LogP) is 3.38. The maximum atomic E-state index is 13.7. The summed E-state index contributed by atoms with van der Waals surface area (Å²) in [5.41, 5.74) is 0.601. The van der Waals surface area contributed by atoms with E-state index < -0.39 is 16.6 Å². The summed E-state index contributed by atoms with van der Waals surface area (Å²) >= 11 is 0. The molecular weight excluding hydrogens is 292 g/mol. The van der Waals surface area contributed by atoms with Gasteiger partial charge in [-0.1, -0.05) is 6.07 Å². The van der Waals surface area contributed by atoms with E-state index in [1.807, 2.05) is 6.07 Å². The zero-order valence-corrected chi connectivity index (χ0v) is 11.6. The smallest absolute Gasteiger partial charge is 0.270 e. The summed E-state index contributed by atoms with van der Waals surface area (Å²) in [6.45, 7) is 0.0958. The Balaban J connectivity index is 2.31. The molecule has 5 nitrogen and oxygen atoms in total. The number of nitro benzene ring substituents is 1. The lowest BCUT2D eigenvalue weighted by atomic mass is 10.1. The number of non-ortho nitro benzene ring substituents is 1. The summed E-state index contributed by atoms with van der Waals surface area (Å²) in [6.07, 6.45) is 0. The molecule has 0 unspecified atom stereocenters. The zero-order chi connectivity index (χ0) is 16.3. The number of hydrogen-bond donors (Lipinski definition) is 0. The Morgan fingerprint density at radius 2 is 2.00 bits per heavy atom. The lowest BCUT2D eigenvalue weighted by molar-refractivity contribution is -0.384. The van der Waals surface area contributed by atoms with Crippen molar-refractivity contribution in [1.82, 2.24) is 0 Å². The molecule has 112 valence electrons. The minimum Gasteiger partial charge on any atom is -0.369 e. The summed E-state index contributed by atoms with van der Waals surface area (Å²) in [5, 5.41) is 19.8. The third-order valence-corrected chi connectivity index (χ3v) is 3.15. The van der Waals surface area contributed by atoms with Gasteiger partial charge < -0.3 is 4.90 Å². The van der Waals surface area contributed by atoms with E-state index in [4.69, 9.17) is 5.26 Å². The lowest BCUT2D eigenvalue weighted by Gasteiger charge is -2.20. The first kappa shape index (κ1) is 15.4. The van der Waals surface area contributed by atoms with Gasteiger partial charge in [-0.25, -0.2) is 8.78 Å². The summed E-state index contributed by atoms with van der Waals surface area (Å²) in [6, 6.07) is 8.99. The van der Waals surface area contributed by atoms with E-state index in [0.717, 1.165) is 18.2 Å². The molecule has 0 saturated carbocycles. The molecule has 7 heteroatoms. The zero-order valence-electron chi connectivity index (χ0n) is 11.6. The quantitative estimate of drug-likeness (QED) is 0.641. The van der Waals surface area contributed by atoms with Crippen molar-refractivity contribution in [1.29, 1.82) is 5.26 Å². The molecule has 0 N–H and O–H groups in total. The Labute approximate surface area is 125 Å². The van der Waals surface area contributed by atoms with Crippen LogP contribution in [0.15, 0.2) is 36.4 Å². The highest BCUT2D eigenvalue weighted by Gasteiger charge is 2.15. The van der Waals surface area contributed by atoms with Crippen LogP contribution < -0.4 is 4.90 Å². The van der Waals surface area contributed by atoms with Crippen LogP contribution >= 0.6 is 0 Å². The van der Waals surface area contributed by atoms with E-state index >= 15 is 0 Å². The largest absolute Gasteiger partial charge is 0.369 e. The molecule has 0 aliphatic rings. The fourth-order valence-electron chi connectivity index (χ4n) is 2.05. The molecule has 0 amide bonds. The van der Waals surface area contributed by atoms with Crippen LogP contribution in [0.2, 0.25) is 0 Å². The van der Waals surface area contributed by atoms with Crippen molar-refractivity contribution in [3.05, 3.63) is 69.3 Å². The summed E-state index contributed by atoms with van der Waals surface area (Å²) in [4.78, 5) is 11.7. The van der Waals surface area contributed by atoms with Gasteiger partial charge in [-0.3, -0.25) is 10.1 Å². The van der Waals surface area contributed by atoms with Gasteiger partial charge in [0.25, 0.3) is 5.69 Å². The van der Waals surface area contributed by atoms with Gasteiger partial charge in [0.05, 0.1) is 16.2 Å². The number of anilines is 1. The highest BCUT2D eigenvalue weighted by molar-refractivity contribution is 5.62. The standard InChI is InChI=1S/C15H11F2N3O2/c1-19(9-10-2-3-12(16)7-14(10)17)15-5-4-13(20(21)22)6-11(15)8-18/h2-7H,9H2,1H3. The topological polar surface area (TPSA) is 70.2 Å². The van der Waals surface area contributed by atoms with Gasteiger partial charge in [-0.15, -0.1) is 0 Å². The molecule has 0 saturated heterocycles. The molecule has 2 aromatic carbocycles. The third kappa shape index (κ3) is 3.17. The Hall–Kier alpha value is -3.01. The van der Waals surface area contributed by atoms with Gasteiger partial charge in [0.15, 0.2) is 0 Å².